The molecule has 5 heteroatoms. The summed E-state index contributed by atoms with van der Waals surface area (Å²) in [5.74, 6) is 1.67. The topological polar surface area (TPSA) is 46.1 Å². The molecular weight excluding hydrogens is 338 g/mol. The molecule has 5 nitrogen and oxygen atoms in total. The van der Waals surface area contributed by atoms with Gasteiger partial charge in [0, 0.05) is 6.54 Å². The SMILES string of the molecule is COc1ccc2cc(CNC3=NCCN3OCc3ccccc3)ccc2c1. The van der Waals surface area contributed by atoms with Gasteiger partial charge in [-0.1, -0.05) is 48.5 Å². The molecule has 27 heavy (non-hydrogen) atoms. The van der Waals surface area contributed by atoms with Crippen molar-refractivity contribution in [2.45, 2.75) is 13.2 Å². The van der Waals surface area contributed by atoms with Gasteiger partial charge in [-0.25, -0.2) is 10.1 Å². The summed E-state index contributed by atoms with van der Waals surface area (Å²) in [6, 6.07) is 22.7. The number of ether oxygens (including phenoxy) is 1. The molecule has 0 aliphatic carbocycles. The van der Waals surface area contributed by atoms with E-state index < -0.39 is 0 Å². The van der Waals surface area contributed by atoms with Gasteiger partial charge in [-0.15, -0.1) is 0 Å². The van der Waals surface area contributed by atoms with E-state index in [9.17, 15) is 0 Å². The lowest BCUT2D eigenvalue weighted by Gasteiger charge is -2.20. The summed E-state index contributed by atoms with van der Waals surface area (Å²) in [6.45, 7) is 2.76. The third-order valence-electron chi connectivity index (χ3n) is 4.59. The summed E-state index contributed by atoms with van der Waals surface area (Å²) in [6.07, 6.45) is 0. The fourth-order valence-corrected chi connectivity index (χ4v) is 3.12. The lowest BCUT2D eigenvalue weighted by atomic mass is 10.1. The van der Waals surface area contributed by atoms with Gasteiger partial charge in [0.1, 0.15) is 12.4 Å². The highest BCUT2D eigenvalue weighted by Gasteiger charge is 2.17. The Morgan fingerprint density at radius 2 is 1.78 bits per heavy atom. The molecule has 1 aliphatic heterocycles. The molecule has 0 bridgehead atoms. The third-order valence-corrected chi connectivity index (χ3v) is 4.59. The standard InChI is InChI=1S/C22H23N3O2/c1-26-21-10-9-19-13-18(7-8-20(19)14-21)15-24-22-23-11-12-25(22)27-16-17-5-3-2-4-6-17/h2-10,13-14H,11-12,15-16H2,1H3,(H,23,24). The van der Waals surface area contributed by atoms with Crippen LogP contribution in [0.5, 0.6) is 5.75 Å². The Morgan fingerprint density at radius 1 is 0.963 bits per heavy atom. The number of nitrogens with zero attached hydrogens (tertiary/aromatic N) is 2. The van der Waals surface area contributed by atoms with E-state index in [0.29, 0.717) is 13.2 Å². The van der Waals surface area contributed by atoms with Gasteiger partial charge in [0.2, 0.25) is 5.96 Å². The molecule has 0 unspecified atom stereocenters. The first-order chi connectivity index (χ1) is 13.3. The minimum absolute atomic E-state index is 0.541. The van der Waals surface area contributed by atoms with Crippen LogP contribution in [0.1, 0.15) is 11.1 Å². The van der Waals surface area contributed by atoms with E-state index in [-0.39, 0.29) is 0 Å². The zero-order chi connectivity index (χ0) is 18.5. The molecule has 0 amide bonds. The van der Waals surface area contributed by atoms with E-state index >= 15 is 0 Å². The second-order valence-corrected chi connectivity index (χ2v) is 6.47. The zero-order valence-electron chi connectivity index (χ0n) is 15.4. The maximum atomic E-state index is 5.91. The van der Waals surface area contributed by atoms with Gasteiger partial charge in [0.25, 0.3) is 0 Å². The van der Waals surface area contributed by atoms with Crippen molar-refractivity contribution >= 4 is 16.7 Å². The summed E-state index contributed by atoms with van der Waals surface area (Å²) in [5, 5.41) is 7.61. The molecule has 0 radical (unpaired) electrons. The van der Waals surface area contributed by atoms with Gasteiger partial charge in [0.05, 0.1) is 20.2 Å². The summed E-state index contributed by atoms with van der Waals surface area (Å²) in [5.41, 5.74) is 2.35. The number of hydroxylamine groups is 2. The van der Waals surface area contributed by atoms with Crippen molar-refractivity contribution in [2.75, 3.05) is 20.2 Å². The highest BCUT2D eigenvalue weighted by atomic mass is 16.7. The average Bonchev–Trinajstić information content (AvgIpc) is 3.18. The Kier molecular flexibility index (Phi) is 5.21. The predicted molar refractivity (Wildman–Crippen MR) is 108 cm³/mol. The Hall–Kier alpha value is -3.05. The van der Waals surface area contributed by atoms with Gasteiger partial charge in [0.15, 0.2) is 0 Å². The van der Waals surface area contributed by atoms with Crippen molar-refractivity contribution in [3.63, 3.8) is 0 Å². The van der Waals surface area contributed by atoms with Gasteiger partial charge in [-0.05, 0) is 40.1 Å². The van der Waals surface area contributed by atoms with Crippen LogP contribution in [0.15, 0.2) is 71.7 Å². The highest BCUT2D eigenvalue weighted by Crippen LogP contribution is 2.22. The second-order valence-electron chi connectivity index (χ2n) is 6.47. The van der Waals surface area contributed by atoms with E-state index in [1.807, 2.05) is 35.4 Å². The van der Waals surface area contributed by atoms with Crippen molar-refractivity contribution < 1.29 is 9.57 Å². The first kappa shape index (κ1) is 17.4. The Morgan fingerprint density at radius 3 is 2.63 bits per heavy atom. The molecule has 0 aromatic heterocycles. The largest absolute Gasteiger partial charge is 0.497 e. The Balaban J connectivity index is 1.36. The molecule has 0 saturated heterocycles. The Labute approximate surface area is 159 Å². The normalized spacial score (nSPS) is 13.7. The van der Waals surface area contributed by atoms with Crippen LogP contribution >= 0.6 is 0 Å². The summed E-state index contributed by atoms with van der Waals surface area (Å²) >= 11 is 0. The van der Waals surface area contributed by atoms with Crippen molar-refractivity contribution in [3.05, 3.63) is 77.9 Å². The molecule has 0 atom stereocenters. The van der Waals surface area contributed by atoms with Gasteiger partial charge in [-0.2, -0.15) is 0 Å². The molecule has 138 valence electrons. The number of fused-ring (bicyclic) bond motifs is 1. The zero-order valence-corrected chi connectivity index (χ0v) is 15.4. The predicted octanol–water partition coefficient (Wildman–Crippen LogP) is 3.74. The summed E-state index contributed by atoms with van der Waals surface area (Å²) < 4.78 is 5.29. The number of aliphatic imine (C=N–C) groups is 1. The van der Waals surface area contributed by atoms with Crippen LogP contribution in [0.4, 0.5) is 0 Å². The molecule has 1 heterocycles. The van der Waals surface area contributed by atoms with Crippen molar-refractivity contribution in [1.29, 1.82) is 0 Å². The highest BCUT2D eigenvalue weighted by molar-refractivity contribution is 5.85. The van der Waals surface area contributed by atoms with E-state index in [1.165, 1.54) is 16.3 Å². The van der Waals surface area contributed by atoms with E-state index in [1.54, 1.807) is 7.11 Å². The fourth-order valence-electron chi connectivity index (χ4n) is 3.12. The van der Waals surface area contributed by atoms with Crippen molar-refractivity contribution in [2.24, 2.45) is 4.99 Å². The van der Waals surface area contributed by atoms with Crippen molar-refractivity contribution in [3.8, 4) is 5.75 Å². The van der Waals surface area contributed by atoms with E-state index in [0.717, 1.165) is 30.4 Å². The molecular formula is C22H23N3O2. The fraction of sp³-hybridized carbons (Fsp3) is 0.227. The van der Waals surface area contributed by atoms with Crippen LogP contribution in [-0.4, -0.2) is 31.2 Å². The molecule has 1 N–H and O–H groups in total. The number of hydrogen-bond donors (Lipinski definition) is 1. The van der Waals surface area contributed by atoms with Crippen LogP contribution in [0.3, 0.4) is 0 Å². The molecule has 1 aliphatic rings. The quantitative estimate of drug-likeness (QED) is 0.726. The molecule has 0 saturated carbocycles. The number of guanidine groups is 1. The van der Waals surface area contributed by atoms with Crippen LogP contribution < -0.4 is 10.1 Å². The third kappa shape index (κ3) is 4.20. The number of nitrogens with one attached hydrogen (secondary N) is 1. The molecule has 4 rings (SSSR count). The lowest BCUT2D eigenvalue weighted by molar-refractivity contribution is -0.106. The second kappa shape index (κ2) is 8.10. The minimum atomic E-state index is 0.541. The molecule has 3 aromatic carbocycles. The number of benzene rings is 3. The van der Waals surface area contributed by atoms with Crippen LogP contribution in [0.2, 0.25) is 0 Å². The van der Waals surface area contributed by atoms with Crippen LogP contribution in [0, 0.1) is 0 Å². The number of methoxy groups -OCH3 is 1. The van der Waals surface area contributed by atoms with Crippen molar-refractivity contribution in [1.82, 2.24) is 10.4 Å². The van der Waals surface area contributed by atoms with E-state index in [4.69, 9.17) is 9.57 Å². The van der Waals surface area contributed by atoms with Crippen LogP contribution in [-0.2, 0) is 18.0 Å². The monoisotopic (exact) mass is 361 g/mol. The summed E-state index contributed by atoms with van der Waals surface area (Å²) in [4.78, 5) is 10.4. The summed E-state index contributed by atoms with van der Waals surface area (Å²) in [7, 11) is 1.69. The van der Waals surface area contributed by atoms with Crippen LogP contribution in [0.25, 0.3) is 10.8 Å². The van der Waals surface area contributed by atoms with Gasteiger partial charge >= 0.3 is 0 Å². The minimum Gasteiger partial charge on any atom is -0.497 e. The van der Waals surface area contributed by atoms with Gasteiger partial charge < -0.3 is 10.1 Å². The van der Waals surface area contributed by atoms with E-state index in [2.05, 4.69) is 46.7 Å². The Bertz CT molecular complexity index is 941. The average molecular weight is 361 g/mol. The number of hydrogen-bond acceptors (Lipinski definition) is 5. The smallest absolute Gasteiger partial charge is 0.218 e. The lowest BCUT2D eigenvalue weighted by Crippen LogP contribution is -2.37. The maximum Gasteiger partial charge on any atom is 0.218 e. The molecule has 0 spiro atoms. The van der Waals surface area contributed by atoms with Gasteiger partial charge in [-0.3, -0.25) is 4.84 Å². The maximum absolute atomic E-state index is 5.91. The molecule has 0 fully saturated rings. The first-order valence-corrected chi connectivity index (χ1v) is 9.11. The molecule has 3 aromatic rings. The number of rotatable bonds is 6. The first-order valence-electron chi connectivity index (χ1n) is 9.11.